The van der Waals surface area contributed by atoms with Gasteiger partial charge in [0.05, 0.1) is 11.1 Å². The van der Waals surface area contributed by atoms with Gasteiger partial charge in [-0.05, 0) is 56.2 Å². The highest BCUT2D eigenvalue weighted by atomic mass is 19.1. The third-order valence-electron chi connectivity index (χ3n) is 4.86. The lowest BCUT2D eigenvalue weighted by Gasteiger charge is -2.17. The van der Waals surface area contributed by atoms with E-state index in [1.54, 1.807) is 19.1 Å². The first-order chi connectivity index (χ1) is 12.5. The van der Waals surface area contributed by atoms with Gasteiger partial charge in [-0.1, -0.05) is 6.07 Å². The molecule has 0 saturated carbocycles. The average Bonchev–Trinajstić information content (AvgIpc) is 3.02. The van der Waals surface area contributed by atoms with Crippen molar-refractivity contribution in [1.82, 2.24) is 4.98 Å². The van der Waals surface area contributed by atoms with Crippen molar-refractivity contribution in [3.05, 3.63) is 65.1 Å². The molecule has 4 rings (SSSR count). The van der Waals surface area contributed by atoms with Crippen LogP contribution in [0.25, 0.3) is 10.9 Å². The number of fused-ring (bicyclic) bond motifs is 2. The molecule has 1 amide bonds. The number of carbonyl (C=O) groups excluding carboxylic acids is 1. The van der Waals surface area contributed by atoms with Crippen LogP contribution in [-0.4, -0.2) is 24.0 Å². The lowest BCUT2D eigenvalue weighted by atomic mass is 10.1. The number of hydrogen-bond acceptors (Lipinski definition) is 3. The Labute approximate surface area is 151 Å². The summed E-state index contributed by atoms with van der Waals surface area (Å²) in [5.41, 5.74) is 4.92. The summed E-state index contributed by atoms with van der Waals surface area (Å²) in [7, 11) is 0. The van der Waals surface area contributed by atoms with Crippen molar-refractivity contribution in [2.24, 2.45) is 0 Å². The van der Waals surface area contributed by atoms with Crippen LogP contribution in [-0.2, 0) is 6.42 Å². The maximum Gasteiger partial charge on any atom is 0.256 e. The highest BCUT2D eigenvalue weighted by Crippen LogP contribution is 2.31. The molecule has 132 valence electrons. The van der Waals surface area contributed by atoms with Crippen molar-refractivity contribution in [1.29, 1.82) is 0 Å². The third kappa shape index (κ3) is 2.90. The normalized spacial score (nSPS) is 13.1. The molecule has 0 aliphatic carbocycles. The third-order valence-corrected chi connectivity index (χ3v) is 4.86. The van der Waals surface area contributed by atoms with Gasteiger partial charge < -0.3 is 10.2 Å². The largest absolute Gasteiger partial charge is 0.371 e. The molecule has 3 aromatic rings. The summed E-state index contributed by atoms with van der Waals surface area (Å²) < 4.78 is 13.5. The first-order valence-electron chi connectivity index (χ1n) is 8.81. The molecule has 1 aromatic heterocycles. The molecule has 0 saturated heterocycles. The Hall–Kier alpha value is -2.95. The fourth-order valence-electron chi connectivity index (χ4n) is 3.57. The van der Waals surface area contributed by atoms with Crippen LogP contribution in [0.15, 0.2) is 42.5 Å². The molecule has 26 heavy (non-hydrogen) atoms. The summed E-state index contributed by atoms with van der Waals surface area (Å²) in [6, 6.07) is 12.1. The Morgan fingerprint density at radius 2 is 2.08 bits per heavy atom. The molecule has 0 unspecified atom stereocenters. The van der Waals surface area contributed by atoms with Crippen LogP contribution < -0.4 is 10.2 Å². The minimum absolute atomic E-state index is 0.215. The van der Waals surface area contributed by atoms with E-state index in [1.807, 2.05) is 12.1 Å². The quantitative estimate of drug-likeness (QED) is 0.766. The number of pyridine rings is 1. The molecular weight excluding hydrogens is 329 g/mol. The number of amides is 1. The predicted molar refractivity (Wildman–Crippen MR) is 102 cm³/mol. The van der Waals surface area contributed by atoms with Crippen LogP contribution in [0.3, 0.4) is 0 Å². The second kappa shape index (κ2) is 6.41. The SMILES string of the molecule is CCN1CCc2ccc(NC(=O)c3cc(C)nc4cc(F)ccc34)cc21. The van der Waals surface area contributed by atoms with Crippen LogP contribution in [0.4, 0.5) is 15.8 Å². The van der Waals surface area contributed by atoms with Crippen molar-refractivity contribution in [2.45, 2.75) is 20.3 Å². The van der Waals surface area contributed by atoms with Gasteiger partial charge in [-0.3, -0.25) is 9.78 Å². The standard InChI is InChI=1S/C21H20FN3O/c1-3-25-9-8-14-4-6-16(12-20(14)25)24-21(26)18-10-13(2)23-19-11-15(22)5-7-17(18)19/h4-7,10-12H,3,8-9H2,1-2H3,(H,24,26). The number of rotatable bonds is 3. The second-order valence-corrected chi connectivity index (χ2v) is 6.60. The van der Waals surface area contributed by atoms with Gasteiger partial charge in [0.1, 0.15) is 5.82 Å². The number of aromatic nitrogens is 1. The van der Waals surface area contributed by atoms with Gasteiger partial charge in [0, 0.05) is 41.6 Å². The Bertz CT molecular complexity index is 1010. The van der Waals surface area contributed by atoms with Crippen LogP contribution >= 0.6 is 0 Å². The monoisotopic (exact) mass is 349 g/mol. The van der Waals surface area contributed by atoms with E-state index in [0.29, 0.717) is 22.2 Å². The number of nitrogens with one attached hydrogen (secondary N) is 1. The minimum Gasteiger partial charge on any atom is -0.371 e. The van der Waals surface area contributed by atoms with E-state index >= 15 is 0 Å². The van der Waals surface area contributed by atoms with Crippen molar-refractivity contribution in [2.75, 3.05) is 23.3 Å². The second-order valence-electron chi connectivity index (χ2n) is 6.60. The van der Waals surface area contributed by atoms with Crippen molar-refractivity contribution in [3.63, 3.8) is 0 Å². The molecule has 0 atom stereocenters. The molecule has 0 fully saturated rings. The van der Waals surface area contributed by atoms with Gasteiger partial charge in [0.25, 0.3) is 5.91 Å². The van der Waals surface area contributed by atoms with Gasteiger partial charge in [-0.2, -0.15) is 0 Å². The molecule has 0 spiro atoms. The van der Waals surface area contributed by atoms with Crippen LogP contribution in [0.1, 0.15) is 28.5 Å². The minimum atomic E-state index is -0.361. The summed E-state index contributed by atoms with van der Waals surface area (Å²) in [6.45, 7) is 5.90. The zero-order valence-corrected chi connectivity index (χ0v) is 14.8. The number of benzene rings is 2. The molecule has 2 aromatic carbocycles. The van der Waals surface area contributed by atoms with Gasteiger partial charge in [0.2, 0.25) is 0 Å². The summed E-state index contributed by atoms with van der Waals surface area (Å²) >= 11 is 0. The number of carbonyl (C=O) groups is 1. The molecule has 5 heteroatoms. The molecule has 0 radical (unpaired) electrons. The van der Waals surface area contributed by atoms with E-state index in [0.717, 1.165) is 25.2 Å². The molecule has 0 bridgehead atoms. The van der Waals surface area contributed by atoms with Crippen molar-refractivity contribution < 1.29 is 9.18 Å². The molecule has 2 heterocycles. The van der Waals surface area contributed by atoms with Gasteiger partial charge >= 0.3 is 0 Å². The lowest BCUT2D eigenvalue weighted by Crippen LogP contribution is -2.19. The van der Waals surface area contributed by atoms with Crippen molar-refractivity contribution >= 4 is 28.2 Å². The number of nitrogens with zero attached hydrogens (tertiary/aromatic N) is 2. The highest BCUT2D eigenvalue weighted by molar-refractivity contribution is 6.12. The molecule has 1 N–H and O–H groups in total. The fourth-order valence-corrected chi connectivity index (χ4v) is 3.57. The van der Waals surface area contributed by atoms with E-state index in [2.05, 4.69) is 28.2 Å². The van der Waals surface area contributed by atoms with E-state index in [9.17, 15) is 9.18 Å². The topological polar surface area (TPSA) is 45.2 Å². The average molecular weight is 349 g/mol. The maximum atomic E-state index is 13.5. The number of anilines is 2. The Balaban J connectivity index is 1.68. The summed E-state index contributed by atoms with van der Waals surface area (Å²) in [5, 5.41) is 3.62. The van der Waals surface area contributed by atoms with Gasteiger partial charge in [0.15, 0.2) is 0 Å². The number of halogens is 1. The van der Waals surface area contributed by atoms with E-state index < -0.39 is 0 Å². The zero-order chi connectivity index (χ0) is 18.3. The van der Waals surface area contributed by atoms with Crippen LogP contribution in [0.5, 0.6) is 0 Å². The molecular formula is C21H20FN3O. The van der Waals surface area contributed by atoms with E-state index in [4.69, 9.17) is 0 Å². The summed E-state index contributed by atoms with van der Waals surface area (Å²) in [4.78, 5) is 19.5. The number of aryl methyl sites for hydroxylation is 1. The molecule has 1 aliphatic heterocycles. The Morgan fingerprint density at radius 1 is 1.23 bits per heavy atom. The lowest BCUT2D eigenvalue weighted by molar-refractivity contribution is 0.102. The van der Waals surface area contributed by atoms with Crippen LogP contribution in [0, 0.1) is 12.7 Å². The highest BCUT2D eigenvalue weighted by Gasteiger charge is 2.19. The van der Waals surface area contributed by atoms with E-state index in [-0.39, 0.29) is 11.7 Å². The Morgan fingerprint density at radius 3 is 2.88 bits per heavy atom. The zero-order valence-electron chi connectivity index (χ0n) is 14.8. The molecule has 4 nitrogen and oxygen atoms in total. The van der Waals surface area contributed by atoms with Gasteiger partial charge in [-0.25, -0.2) is 4.39 Å². The van der Waals surface area contributed by atoms with Gasteiger partial charge in [-0.15, -0.1) is 0 Å². The first kappa shape index (κ1) is 16.5. The summed E-state index contributed by atoms with van der Waals surface area (Å²) in [5.74, 6) is -0.576. The smallest absolute Gasteiger partial charge is 0.256 e. The Kier molecular flexibility index (Phi) is 4.07. The number of likely N-dealkylation sites (N-methyl/N-ethyl adjacent to an activating group) is 1. The first-order valence-corrected chi connectivity index (χ1v) is 8.81. The predicted octanol–water partition coefficient (Wildman–Crippen LogP) is 4.32. The maximum absolute atomic E-state index is 13.5. The van der Waals surface area contributed by atoms with E-state index in [1.165, 1.54) is 23.4 Å². The molecule has 1 aliphatic rings. The summed E-state index contributed by atoms with van der Waals surface area (Å²) in [6.07, 6.45) is 1.04. The van der Waals surface area contributed by atoms with Crippen LogP contribution in [0.2, 0.25) is 0 Å². The number of hydrogen-bond donors (Lipinski definition) is 1. The fraction of sp³-hybridized carbons (Fsp3) is 0.238. The van der Waals surface area contributed by atoms with Crippen molar-refractivity contribution in [3.8, 4) is 0 Å².